The summed E-state index contributed by atoms with van der Waals surface area (Å²) < 4.78 is 23.3. The maximum absolute atomic E-state index is 14.9. The molecule has 2 aromatic rings. The van der Waals surface area contributed by atoms with E-state index in [2.05, 4.69) is 68.9 Å². The lowest BCUT2D eigenvalue weighted by Crippen LogP contribution is -2.43. The van der Waals surface area contributed by atoms with Gasteiger partial charge >= 0.3 is 0 Å². The van der Waals surface area contributed by atoms with Crippen LogP contribution in [0.15, 0.2) is 16.6 Å². The number of hydrogen-bond acceptors (Lipinski definition) is 2. The molecular formula is C23H32BrFN2OSi. The van der Waals surface area contributed by atoms with Crippen LogP contribution < -0.4 is 0 Å². The molecule has 2 heterocycles. The summed E-state index contributed by atoms with van der Waals surface area (Å²) in [5, 5.41) is 5.54. The van der Waals surface area contributed by atoms with Crippen LogP contribution in [0.4, 0.5) is 4.39 Å². The van der Waals surface area contributed by atoms with Crippen LogP contribution in [0.5, 0.6) is 0 Å². The van der Waals surface area contributed by atoms with Crippen molar-refractivity contribution in [2.75, 3.05) is 6.61 Å². The molecule has 29 heavy (non-hydrogen) atoms. The lowest BCUT2D eigenvalue weighted by atomic mass is 10.1. The van der Waals surface area contributed by atoms with Crippen LogP contribution in [-0.2, 0) is 4.74 Å². The minimum absolute atomic E-state index is 0.222. The number of aromatic nitrogens is 2. The lowest BCUT2D eigenvalue weighted by molar-refractivity contribution is -0.0370. The highest BCUT2D eigenvalue weighted by atomic mass is 79.9. The van der Waals surface area contributed by atoms with Crippen molar-refractivity contribution < 1.29 is 9.13 Å². The second-order valence-corrected chi connectivity index (χ2v) is 15.5. The van der Waals surface area contributed by atoms with Crippen molar-refractivity contribution in [3.05, 3.63) is 28.1 Å². The Kier molecular flexibility index (Phi) is 6.92. The monoisotopic (exact) mass is 478 g/mol. The van der Waals surface area contributed by atoms with Gasteiger partial charge in [-0.05, 0) is 48.0 Å². The van der Waals surface area contributed by atoms with E-state index in [0.717, 1.165) is 24.6 Å². The van der Waals surface area contributed by atoms with Gasteiger partial charge in [0.15, 0.2) is 6.23 Å². The third kappa shape index (κ3) is 4.19. The highest BCUT2D eigenvalue weighted by Gasteiger charge is 2.41. The summed E-state index contributed by atoms with van der Waals surface area (Å²) in [5.41, 5.74) is 6.49. The summed E-state index contributed by atoms with van der Waals surface area (Å²) in [5.74, 6) is 3.14. The molecule has 0 aliphatic carbocycles. The predicted octanol–water partition coefficient (Wildman–Crippen LogP) is 7.21. The number of ether oxygens (including phenoxy) is 1. The van der Waals surface area contributed by atoms with Crippen LogP contribution in [0.25, 0.3) is 10.9 Å². The average Bonchev–Trinajstić information content (AvgIpc) is 3.01. The molecule has 0 saturated carbocycles. The highest BCUT2D eigenvalue weighted by molar-refractivity contribution is 9.10. The Balaban J connectivity index is 2.19. The Hall–Kier alpha value is -1.16. The number of hydrogen-bond donors (Lipinski definition) is 0. The van der Waals surface area contributed by atoms with Crippen molar-refractivity contribution >= 4 is 34.9 Å². The molecule has 3 nitrogen and oxygen atoms in total. The molecule has 3 rings (SSSR count). The third-order valence-corrected chi connectivity index (χ3v) is 13.2. The van der Waals surface area contributed by atoms with Crippen LogP contribution in [0.2, 0.25) is 16.6 Å². The summed E-state index contributed by atoms with van der Waals surface area (Å²) in [6, 6.07) is 3.42. The van der Waals surface area contributed by atoms with E-state index in [4.69, 9.17) is 9.84 Å². The molecule has 1 atom stereocenters. The van der Waals surface area contributed by atoms with E-state index in [1.165, 1.54) is 6.07 Å². The van der Waals surface area contributed by atoms with Gasteiger partial charge in [-0.2, -0.15) is 5.10 Å². The normalized spacial score (nSPS) is 18.0. The van der Waals surface area contributed by atoms with Crippen LogP contribution in [-0.4, -0.2) is 24.5 Å². The zero-order valence-electron chi connectivity index (χ0n) is 18.4. The van der Waals surface area contributed by atoms with Gasteiger partial charge < -0.3 is 4.74 Å². The van der Waals surface area contributed by atoms with E-state index in [0.29, 0.717) is 38.9 Å². The standard InChI is InChI=1S/C23H32BrFN2OSi/c1-15(2)29(16(3)4,17(5)6)12-10-21-19-13-18(24)14-20(25)23(19)27(26-21)22-9-7-8-11-28-22/h13-17,22H,7-9,11H2,1-6H3. The number of halogens is 2. The molecule has 0 bridgehead atoms. The molecule has 1 aliphatic heterocycles. The van der Waals surface area contributed by atoms with Gasteiger partial charge in [0, 0.05) is 16.5 Å². The van der Waals surface area contributed by atoms with Crippen LogP contribution >= 0.6 is 15.9 Å². The first-order valence-electron chi connectivity index (χ1n) is 10.7. The highest BCUT2D eigenvalue weighted by Crippen LogP contribution is 2.41. The molecule has 1 aromatic heterocycles. The van der Waals surface area contributed by atoms with Gasteiger partial charge in [-0.3, -0.25) is 0 Å². The van der Waals surface area contributed by atoms with E-state index >= 15 is 0 Å². The van der Waals surface area contributed by atoms with Gasteiger partial charge in [0.25, 0.3) is 0 Å². The molecule has 1 fully saturated rings. The number of fused-ring (bicyclic) bond motifs is 1. The van der Waals surface area contributed by atoms with Gasteiger partial charge in [0.2, 0.25) is 0 Å². The van der Waals surface area contributed by atoms with Gasteiger partial charge in [-0.15, -0.1) is 5.54 Å². The fraction of sp³-hybridized carbons (Fsp3) is 0.609. The largest absolute Gasteiger partial charge is 0.356 e. The Morgan fingerprint density at radius 3 is 2.34 bits per heavy atom. The van der Waals surface area contributed by atoms with Crippen molar-refractivity contribution in [3.8, 4) is 11.5 Å². The average molecular weight is 480 g/mol. The molecule has 0 N–H and O–H groups in total. The predicted molar refractivity (Wildman–Crippen MR) is 124 cm³/mol. The Morgan fingerprint density at radius 2 is 1.79 bits per heavy atom. The summed E-state index contributed by atoms with van der Waals surface area (Å²) >= 11 is 3.44. The molecule has 1 unspecified atom stereocenters. The third-order valence-electron chi connectivity index (χ3n) is 6.41. The van der Waals surface area contributed by atoms with E-state index < -0.39 is 8.07 Å². The van der Waals surface area contributed by atoms with Gasteiger partial charge in [-0.1, -0.05) is 63.4 Å². The second kappa shape index (κ2) is 8.91. The van der Waals surface area contributed by atoms with Crippen molar-refractivity contribution in [3.63, 3.8) is 0 Å². The van der Waals surface area contributed by atoms with Gasteiger partial charge in [0.1, 0.15) is 25.1 Å². The number of rotatable bonds is 4. The SMILES string of the molecule is CC(C)[Si](C#Cc1nn(C2CCCCO2)c2c(F)cc(Br)cc12)(C(C)C)C(C)C. The Labute approximate surface area is 183 Å². The number of benzene rings is 1. The first-order valence-corrected chi connectivity index (χ1v) is 13.7. The first kappa shape index (κ1) is 22.5. The molecule has 1 saturated heterocycles. The summed E-state index contributed by atoms with van der Waals surface area (Å²) in [4.78, 5) is 0. The smallest absolute Gasteiger partial charge is 0.151 e. The minimum atomic E-state index is -1.90. The molecule has 0 spiro atoms. The number of nitrogens with zero attached hydrogens (tertiary/aromatic N) is 2. The van der Waals surface area contributed by atoms with E-state index in [-0.39, 0.29) is 12.0 Å². The van der Waals surface area contributed by atoms with Crippen molar-refractivity contribution in [2.45, 2.75) is 83.7 Å². The maximum atomic E-state index is 14.9. The van der Waals surface area contributed by atoms with Crippen molar-refractivity contribution in [1.82, 2.24) is 9.78 Å². The first-order chi connectivity index (χ1) is 13.7. The zero-order chi connectivity index (χ0) is 21.3. The van der Waals surface area contributed by atoms with Crippen LogP contribution in [0, 0.1) is 17.3 Å². The molecule has 1 aliphatic rings. The second-order valence-electron chi connectivity index (χ2n) is 9.05. The Morgan fingerprint density at radius 1 is 1.14 bits per heavy atom. The van der Waals surface area contributed by atoms with E-state index in [9.17, 15) is 4.39 Å². The molecule has 0 radical (unpaired) electrons. The van der Waals surface area contributed by atoms with Crippen molar-refractivity contribution in [2.24, 2.45) is 0 Å². The molecule has 0 amide bonds. The summed E-state index contributed by atoms with van der Waals surface area (Å²) in [6.45, 7) is 14.5. The summed E-state index contributed by atoms with van der Waals surface area (Å²) in [7, 11) is -1.90. The van der Waals surface area contributed by atoms with Crippen LogP contribution in [0.1, 0.15) is 72.7 Å². The van der Waals surface area contributed by atoms with Crippen LogP contribution in [0.3, 0.4) is 0 Å². The van der Waals surface area contributed by atoms with E-state index in [1.807, 2.05) is 6.07 Å². The maximum Gasteiger partial charge on any atom is 0.151 e. The molecular weight excluding hydrogens is 447 g/mol. The topological polar surface area (TPSA) is 27.1 Å². The lowest BCUT2D eigenvalue weighted by Gasteiger charge is -2.38. The molecule has 1 aromatic carbocycles. The van der Waals surface area contributed by atoms with Crippen molar-refractivity contribution in [1.29, 1.82) is 0 Å². The fourth-order valence-corrected chi connectivity index (χ4v) is 10.6. The van der Waals surface area contributed by atoms with Gasteiger partial charge in [0.05, 0.1) is 0 Å². The zero-order valence-corrected chi connectivity index (χ0v) is 20.9. The molecule has 158 valence electrons. The molecule has 6 heteroatoms. The van der Waals surface area contributed by atoms with Gasteiger partial charge in [-0.25, -0.2) is 9.07 Å². The van der Waals surface area contributed by atoms with E-state index in [1.54, 1.807) is 4.68 Å². The summed E-state index contributed by atoms with van der Waals surface area (Å²) in [6.07, 6.45) is 2.73. The minimum Gasteiger partial charge on any atom is -0.356 e. The fourth-order valence-electron chi connectivity index (χ4n) is 5.01. The quantitative estimate of drug-likeness (QED) is 0.342. The Bertz CT molecular complexity index is 914.